The Hall–Kier alpha value is -4.25. The van der Waals surface area contributed by atoms with E-state index in [1.165, 1.54) is 52.7 Å². The number of nitrogens with one attached hydrogen (secondary N) is 1. The monoisotopic (exact) mass is 528 g/mol. The summed E-state index contributed by atoms with van der Waals surface area (Å²) in [5.74, 6) is -0.691. The number of esters is 1. The molecule has 0 aliphatic carbocycles. The van der Waals surface area contributed by atoms with E-state index in [2.05, 4.69) is 5.32 Å². The summed E-state index contributed by atoms with van der Waals surface area (Å²) in [6, 6.07) is 15.5. The lowest BCUT2D eigenvalue weighted by Crippen LogP contribution is -2.38. The fourth-order valence-corrected chi connectivity index (χ4v) is 5.04. The summed E-state index contributed by atoms with van der Waals surface area (Å²) in [5, 5.41) is 2.61. The van der Waals surface area contributed by atoms with Crippen molar-refractivity contribution in [1.82, 2.24) is 0 Å². The van der Waals surface area contributed by atoms with Crippen LogP contribution in [0.25, 0.3) is 0 Å². The van der Waals surface area contributed by atoms with E-state index < -0.39 is 28.4 Å². The number of anilines is 2. The van der Waals surface area contributed by atoms with Crippen molar-refractivity contribution in [2.45, 2.75) is 11.8 Å². The molecule has 1 N–H and O–H groups in total. The van der Waals surface area contributed by atoms with Crippen molar-refractivity contribution in [3.05, 3.63) is 71.8 Å². The van der Waals surface area contributed by atoms with Crippen LogP contribution in [0.2, 0.25) is 0 Å². The minimum absolute atomic E-state index is 0.000831. The van der Waals surface area contributed by atoms with Gasteiger partial charge in [-0.25, -0.2) is 13.2 Å². The summed E-state index contributed by atoms with van der Waals surface area (Å²) in [5.41, 5.74) is 1.00. The third-order valence-electron chi connectivity index (χ3n) is 5.42. The second-order valence-electron chi connectivity index (χ2n) is 7.79. The summed E-state index contributed by atoms with van der Waals surface area (Å²) in [6.45, 7) is 1.18. The van der Waals surface area contributed by atoms with Crippen molar-refractivity contribution in [1.29, 1.82) is 0 Å². The number of ether oxygens (including phenoxy) is 4. The average molecular weight is 529 g/mol. The molecule has 196 valence electrons. The number of hydrogen-bond donors (Lipinski definition) is 1. The molecule has 3 aromatic rings. The van der Waals surface area contributed by atoms with E-state index in [1.54, 1.807) is 43.3 Å². The van der Waals surface area contributed by atoms with E-state index in [0.29, 0.717) is 0 Å². The molecular formula is C26H28N2O8S. The van der Waals surface area contributed by atoms with Crippen molar-refractivity contribution in [3.8, 4) is 17.2 Å². The van der Waals surface area contributed by atoms with Crippen LogP contribution in [-0.4, -0.2) is 55.3 Å². The normalized spacial score (nSPS) is 10.8. The maximum Gasteiger partial charge on any atom is 0.340 e. The number of hydrogen-bond acceptors (Lipinski definition) is 8. The smallest absolute Gasteiger partial charge is 0.340 e. The second-order valence-corrected chi connectivity index (χ2v) is 9.65. The van der Waals surface area contributed by atoms with Crippen LogP contribution in [0.5, 0.6) is 17.2 Å². The Labute approximate surface area is 215 Å². The van der Waals surface area contributed by atoms with Crippen LogP contribution in [0.4, 0.5) is 11.4 Å². The topological polar surface area (TPSA) is 120 Å². The number of carbonyl (C=O) groups is 2. The lowest BCUT2D eigenvalue weighted by atomic mass is 10.1. The van der Waals surface area contributed by atoms with Gasteiger partial charge in [0.1, 0.15) is 12.3 Å². The molecule has 0 fully saturated rings. The largest absolute Gasteiger partial charge is 0.495 e. The van der Waals surface area contributed by atoms with Gasteiger partial charge in [0.2, 0.25) is 5.91 Å². The van der Waals surface area contributed by atoms with E-state index in [0.717, 1.165) is 9.87 Å². The van der Waals surface area contributed by atoms with E-state index in [4.69, 9.17) is 18.9 Å². The molecule has 0 bridgehead atoms. The third-order valence-corrected chi connectivity index (χ3v) is 7.20. The van der Waals surface area contributed by atoms with E-state index in [-0.39, 0.29) is 39.1 Å². The van der Waals surface area contributed by atoms with Gasteiger partial charge >= 0.3 is 5.97 Å². The van der Waals surface area contributed by atoms with Crippen LogP contribution in [-0.2, 0) is 19.6 Å². The fraction of sp³-hybridized carbons (Fsp3) is 0.231. The number of nitrogens with zero attached hydrogens (tertiary/aromatic N) is 1. The zero-order valence-corrected chi connectivity index (χ0v) is 21.9. The van der Waals surface area contributed by atoms with Gasteiger partial charge in [-0.3, -0.25) is 9.10 Å². The Morgan fingerprint density at radius 1 is 0.838 bits per heavy atom. The van der Waals surface area contributed by atoms with Gasteiger partial charge in [-0.1, -0.05) is 24.3 Å². The van der Waals surface area contributed by atoms with Crippen LogP contribution in [0.1, 0.15) is 15.9 Å². The minimum Gasteiger partial charge on any atom is -0.495 e. The van der Waals surface area contributed by atoms with Crippen LogP contribution in [0.15, 0.2) is 65.6 Å². The molecule has 0 saturated heterocycles. The summed E-state index contributed by atoms with van der Waals surface area (Å²) in [7, 11) is 1.22. The standard InChI is InChI=1S/C26H28N2O8S/c1-17-11-12-22(33-2)21(13-17)28(37(31,32)18-9-7-6-8-10-18)16-25(29)27-20-15-24(35-4)23(34-3)14-19(20)26(30)36-5/h6-15H,16H2,1-5H3,(H,27,29). The molecule has 0 aliphatic heterocycles. The van der Waals surface area contributed by atoms with Gasteiger partial charge in [0.05, 0.1) is 50.3 Å². The molecule has 0 unspecified atom stereocenters. The van der Waals surface area contributed by atoms with Crippen LogP contribution < -0.4 is 23.8 Å². The Bertz CT molecular complexity index is 1390. The number of rotatable bonds is 10. The number of sulfonamides is 1. The van der Waals surface area contributed by atoms with Gasteiger partial charge in [-0.05, 0) is 36.8 Å². The minimum atomic E-state index is -4.19. The molecule has 1 amide bonds. The molecule has 0 radical (unpaired) electrons. The van der Waals surface area contributed by atoms with Gasteiger partial charge in [-0.15, -0.1) is 0 Å². The molecule has 11 heteroatoms. The van der Waals surface area contributed by atoms with Crippen LogP contribution in [0.3, 0.4) is 0 Å². The maximum absolute atomic E-state index is 13.7. The zero-order valence-electron chi connectivity index (χ0n) is 21.1. The highest BCUT2D eigenvalue weighted by Crippen LogP contribution is 2.35. The first-order valence-corrected chi connectivity index (χ1v) is 12.5. The zero-order chi connectivity index (χ0) is 27.2. The van der Waals surface area contributed by atoms with Gasteiger partial charge in [0.15, 0.2) is 11.5 Å². The van der Waals surface area contributed by atoms with Crippen molar-refractivity contribution in [2.75, 3.05) is 44.6 Å². The van der Waals surface area contributed by atoms with Gasteiger partial charge < -0.3 is 24.3 Å². The summed E-state index contributed by atoms with van der Waals surface area (Å²) in [4.78, 5) is 25.7. The predicted molar refractivity (Wildman–Crippen MR) is 138 cm³/mol. The molecular weight excluding hydrogens is 500 g/mol. The Morgan fingerprint density at radius 3 is 2.05 bits per heavy atom. The first-order chi connectivity index (χ1) is 17.7. The number of carbonyl (C=O) groups excluding carboxylic acids is 2. The lowest BCUT2D eigenvalue weighted by molar-refractivity contribution is -0.114. The number of methoxy groups -OCH3 is 4. The van der Waals surface area contributed by atoms with Crippen molar-refractivity contribution in [3.63, 3.8) is 0 Å². The molecule has 3 rings (SSSR count). The van der Waals surface area contributed by atoms with Gasteiger partial charge in [-0.2, -0.15) is 0 Å². The third kappa shape index (κ3) is 5.95. The summed E-state index contributed by atoms with van der Waals surface area (Å²) in [6.07, 6.45) is 0. The van der Waals surface area contributed by atoms with Crippen LogP contribution >= 0.6 is 0 Å². The van der Waals surface area contributed by atoms with Crippen molar-refractivity contribution >= 4 is 33.3 Å². The van der Waals surface area contributed by atoms with Gasteiger partial charge in [0.25, 0.3) is 10.0 Å². The predicted octanol–water partition coefficient (Wildman–Crippen LogP) is 3.64. The summed E-state index contributed by atoms with van der Waals surface area (Å²) < 4.78 is 49.1. The number of benzene rings is 3. The molecule has 0 saturated carbocycles. The Morgan fingerprint density at radius 2 is 1.46 bits per heavy atom. The first kappa shape index (κ1) is 27.3. The van der Waals surface area contributed by atoms with E-state index in [1.807, 2.05) is 0 Å². The Kier molecular flexibility index (Phi) is 8.61. The molecule has 0 aromatic heterocycles. The van der Waals surface area contributed by atoms with Crippen molar-refractivity contribution in [2.24, 2.45) is 0 Å². The highest BCUT2D eigenvalue weighted by Gasteiger charge is 2.30. The number of aryl methyl sites for hydroxylation is 1. The Balaban J connectivity index is 2.07. The lowest BCUT2D eigenvalue weighted by Gasteiger charge is -2.26. The molecule has 37 heavy (non-hydrogen) atoms. The van der Waals surface area contributed by atoms with Crippen LogP contribution in [0, 0.1) is 6.92 Å². The SMILES string of the molecule is COC(=O)c1cc(OC)c(OC)cc1NC(=O)CN(c1cc(C)ccc1OC)S(=O)(=O)c1ccccc1. The van der Waals surface area contributed by atoms with Crippen molar-refractivity contribution < 1.29 is 37.0 Å². The fourth-order valence-electron chi connectivity index (χ4n) is 3.60. The second kappa shape index (κ2) is 11.7. The molecule has 0 spiro atoms. The molecule has 3 aromatic carbocycles. The first-order valence-electron chi connectivity index (χ1n) is 11.0. The molecule has 10 nitrogen and oxygen atoms in total. The highest BCUT2D eigenvalue weighted by atomic mass is 32.2. The van der Waals surface area contributed by atoms with E-state index >= 15 is 0 Å². The molecule has 0 atom stereocenters. The summed E-state index contributed by atoms with van der Waals surface area (Å²) >= 11 is 0. The average Bonchev–Trinajstić information content (AvgIpc) is 2.91. The molecule has 0 aliphatic rings. The number of amides is 1. The molecule has 0 heterocycles. The van der Waals surface area contributed by atoms with E-state index in [9.17, 15) is 18.0 Å². The highest BCUT2D eigenvalue weighted by molar-refractivity contribution is 7.92. The quantitative estimate of drug-likeness (QED) is 0.396. The van der Waals surface area contributed by atoms with Gasteiger partial charge in [0, 0.05) is 12.1 Å². The maximum atomic E-state index is 13.7.